The molecule has 2 heterocycles. The molecule has 1 amide bonds. The number of carbonyl (C=O) groups is 1. The molecular formula is C18H15N3O3S. The number of aromatic nitrogens is 2. The van der Waals surface area contributed by atoms with Crippen molar-refractivity contribution >= 4 is 23.4 Å². The van der Waals surface area contributed by atoms with E-state index in [4.69, 9.17) is 9.26 Å². The van der Waals surface area contributed by atoms with Gasteiger partial charge in [0.05, 0.1) is 18.0 Å². The van der Waals surface area contributed by atoms with E-state index in [-0.39, 0.29) is 11.2 Å². The maximum absolute atomic E-state index is 11.9. The second kappa shape index (κ2) is 6.25. The number of nitrogens with one attached hydrogen (secondary N) is 1. The Bertz CT molecular complexity index is 937. The van der Waals surface area contributed by atoms with Gasteiger partial charge in [-0.25, -0.2) is 0 Å². The van der Waals surface area contributed by atoms with Crippen LogP contribution >= 0.6 is 11.8 Å². The van der Waals surface area contributed by atoms with Gasteiger partial charge in [-0.15, -0.1) is 11.8 Å². The van der Waals surface area contributed by atoms with E-state index >= 15 is 0 Å². The number of ether oxygens (including phenoxy) is 1. The Morgan fingerprint density at radius 1 is 1.16 bits per heavy atom. The minimum atomic E-state index is -0.0940. The minimum absolute atomic E-state index is 0.000832. The highest BCUT2D eigenvalue weighted by molar-refractivity contribution is 8.00. The lowest BCUT2D eigenvalue weighted by atomic mass is 10.2. The number of amides is 1. The number of hydrogen-bond donors (Lipinski definition) is 1. The molecule has 0 fully saturated rings. The molecular weight excluding hydrogens is 338 g/mol. The Morgan fingerprint density at radius 3 is 2.68 bits per heavy atom. The fraction of sp³-hybridized carbons (Fsp3) is 0.167. The largest absolute Gasteiger partial charge is 0.497 e. The topological polar surface area (TPSA) is 77.3 Å². The van der Waals surface area contributed by atoms with Gasteiger partial charge < -0.3 is 14.6 Å². The van der Waals surface area contributed by atoms with Crippen molar-refractivity contribution in [3.63, 3.8) is 0 Å². The molecule has 0 spiro atoms. The zero-order chi connectivity index (χ0) is 17.4. The maximum Gasteiger partial charge on any atom is 0.258 e. The molecule has 1 aliphatic heterocycles. The van der Waals surface area contributed by atoms with Crippen LogP contribution in [0.3, 0.4) is 0 Å². The molecule has 0 unspecified atom stereocenters. The van der Waals surface area contributed by atoms with E-state index in [1.54, 1.807) is 7.11 Å². The summed E-state index contributed by atoms with van der Waals surface area (Å²) in [5, 5.41) is 6.85. The van der Waals surface area contributed by atoms with Crippen LogP contribution in [0.1, 0.15) is 6.92 Å². The Morgan fingerprint density at radius 2 is 1.92 bits per heavy atom. The van der Waals surface area contributed by atoms with E-state index in [9.17, 15) is 4.79 Å². The molecule has 0 saturated heterocycles. The normalized spacial score (nSPS) is 16.2. The van der Waals surface area contributed by atoms with Crippen molar-refractivity contribution in [2.45, 2.75) is 17.1 Å². The van der Waals surface area contributed by atoms with Crippen molar-refractivity contribution in [3.8, 4) is 28.6 Å². The van der Waals surface area contributed by atoms with Gasteiger partial charge in [-0.05, 0) is 49.4 Å². The van der Waals surface area contributed by atoms with Crippen molar-refractivity contribution in [3.05, 3.63) is 42.5 Å². The summed E-state index contributed by atoms with van der Waals surface area (Å²) in [5.74, 6) is 1.68. The summed E-state index contributed by atoms with van der Waals surface area (Å²) in [5.41, 5.74) is 2.38. The summed E-state index contributed by atoms with van der Waals surface area (Å²) >= 11 is 1.54. The Kier molecular flexibility index (Phi) is 3.93. The number of hydrogen-bond acceptors (Lipinski definition) is 6. The number of methoxy groups -OCH3 is 1. The van der Waals surface area contributed by atoms with Crippen LogP contribution in [0, 0.1) is 0 Å². The number of benzene rings is 2. The molecule has 2 aromatic carbocycles. The molecule has 0 bridgehead atoms. The molecule has 126 valence electrons. The zero-order valence-corrected chi connectivity index (χ0v) is 14.5. The van der Waals surface area contributed by atoms with E-state index < -0.39 is 0 Å². The highest BCUT2D eigenvalue weighted by Gasteiger charge is 2.23. The van der Waals surface area contributed by atoms with Gasteiger partial charge in [-0.2, -0.15) is 4.98 Å². The van der Waals surface area contributed by atoms with Gasteiger partial charge in [-0.3, -0.25) is 4.79 Å². The van der Waals surface area contributed by atoms with Gasteiger partial charge in [0, 0.05) is 16.0 Å². The summed E-state index contributed by atoms with van der Waals surface area (Å²) in [6.07, 6.45) is 0. The van der Waals surface area contributed by atoms with Crippen LogP contribution in [0.4, 0.5) is 5.69 Å². The lowest BCUT2D eigenvalue weighted by Gasteiger charge is -2.21. The first kappa shape index (κ1) is 15.7. The van der Waals surface area contributed by atoms with Crippen LogP contribution in [0.15, 0.2) is 51.9 Å². The molecule has 1 N–H and O–H groups in total. The van der Waals surface area contributed by atoms with Gasteiger partial charge in [0.1, 0.15) is 5.75 Å². The SMILES string of the molecule is COc1ccc(-c2noc(-c3ccc4c(c3)NC(=O)[C@H](C)S4)n2)cc1. The van der Waals surface area contributed by atoms with E-state index in [1.807, 2.05) is 49.4 Å². The van der Waals surface area contributed by atoms with Crippen molar-refractivity contribution in [2.24, 2.45) is 0 Å². The summed E-state index contributed by atoms with van der Waals surface area (Å²) < 4.78 is 10.5. The molecule has 25 heavy (non-hydrogen) atoms. The van der Waals surface area contributed by atoms with Crippen LogP contribution < -0.4 is 10.1 Å². The van der Waals surface area contributed by atoms with Gasteiger partial charge >= 0.3 is 0 Å². The number of rotatable bonds is 3. The van der Waals surface area contributed by atoms with Gasteiger partial charge in [0.15, 0.2) is 0 Å². The average Bonchev–Trinajstić information content (AvgIpc) is 3.12. The van der Waals surface area contributed by atoms with Crippen LogP contribution in [0.25, 0.3) is 22.8 Å². The van der Waals surface area contributed by atoms with Crippen LogP contribution in [0.5, 0.6) is 5.75 Å². The van der Waals surface area contributed by atoms with Gasteiger partial charge in [0.25, 0.3) is 5.89 Å². The van der Waals surface area contributed by atoms with Crippen LogP contribution in [0.2, 0.25) is 0 Å². The summed E-state index contributed by atoms with van der Waals surface area (Å²) in [6.45, 7) is 1.88. The second-order valence-corrected chi connectivity index (χ2v) is 6.99. The van der Waals surface area contributed by atoms with E-state index in [1.165, 1.54) is 11.8 Å². The fourth-order valence-corrected chi connectivity index (χ4v) is 3.47. The Hall–Kier alpha value is -2.80. The summed E-state index contributed by atoms with van der Waals surface area (Å²) in [7, 11) is 1.62. The molecule has 7 heteroatoms. The third-order valence-corrected chi connectivity index (χ3v) is 5.11. The monoisotopic (exact) mass is 353 g/mol. The Labute approximate surface area is 148 Å². The molecule has 0 radical (unpaired) electrons. The first-order valence-corrected chi connectivity index (χ1v) is 8.62. The van der Waals surface area contributed by atoms with Gasteiger partial charge in [-0.1, -0.05) is 5.16 Å². The summed E-state index contributed by atoms with van der Waals surface area (Å²) in [4.78, 5) is 17.3. The highest BCUT2D eigenvalue weighted by atomic mass is 32.2. The number of carbonyl (C=O) groups excluding carboxylic acids is 1. The smallest absolute Gasteiger partial charge is 0.258 e. The molecule has 3 aromatic rings. The van der Waals surface area contributed by atoms with E-state index in [2.05, 4.69) is 15.5 Å². The van der Waals surface area contributed by atoms with Crippen molar-refractivity contribution in [1.29, 1.82) is 0 Å². The number of fused-ring (bicyclic) bond motifs is 1. The first-order valence-electron chi connectivity index (χ1n) is 7.74. The van der Waals surface area contributed by atoms with Crippen LogP contribution in [-0.4, -0.2) is 28.4 Å². The molecule has 4 rings (SSSR count). The third-order valence-electron chi connectivity index (χ3n) is 3.93. The lowest BCUT2D eigenvalue weighted by molar-refractivity contribution is -0.115. The average molecular weight is 353 g/mol. The number of thioether (sulfide) groups is 1. The molecule has 6 nitrogen and oxygen atoms in total. The fourth-order valence-electron chi connectivity index (χ4n) is 2.54. The Balaban J connectivity index is 1.64. The van der Waals surface area contributed by atoms with Crippen molar-refractivity contribution < 1.29 is 14.1 Å². The molecule has 1 aliphatic rings. The van der Waals surface area contributed by atoms with Gasteiger partial charge in [0.2, 0.25) is 11.7 Å². The second-order valence-electron chi connectivity index (χ2n) is 5.61. The van der Waals surface area contributed by atoms with Crippen molar-refractivity contribution in [2.75, 3.05) is 12.4 Å². The predicted octanol–water partition coefficient (Wildman–Crippen LogP) is 3.84. The summed E-state index contributed by atoms with van der Waals surface area (Å²) in [6, 6.07) is 13.2. The predicted molar refractivity (Wildman–Crippen MR) is 95.7 cm³/mol. The van der Waals surface area contributed by atoms with Crippen molar-refractivity contribution in [1.82, 2.24) is 10.1 Å². The lowest BCUT2D eigenvalue weighted by Crippen LogP contribution is -2.26. The molecule has 0 saturated carbocycles. The molecule has 1 aromatic heterocycles. The minimum Gasteiger partial charge on any atom is -0.497 e. The van der Waals surface area contributed by atoms with E-state index in [0.717, 1.165) is 27.5 Å². The zero-order valence-electron chi connectivity index (χ0n) is 13.6. The first-order chi connectivity index (χ1) is 12.1. The highest BCUT2D eigenvalue weighted by Crippen LogP contribution is 2.37. The van der Waals surface area contributed by atoms with Crippen LogP contribution in [-0.2, 0) is 4.79 Å². The molecule has 0 aliphatic carbocycles. The standard InChI is InChI=1S/C18H15N3O3S/c1-10-17(22)19-14-9-12(5-8-15(14)25-10)18-20-16(21-24-18)11-3-6-13(23-2)7-4-11/h3-10H,1-2H3,(H,19,22)/t10-/m0/s1. The molecule has 1 atom stereocenters. The quantitative estimate of drug-likeness (QED) is 0.771. The maximum atomic E-state index is 11.9. The third kappa shape index (κ3) is 2.98. The number of nitrogens with zero attached hydrogens (tertiary/aromatic N) is 2. The van der Waals surface area contributed by atoms with E-state index in [0.29, 0.717) is 11.7 Å². The number of anilines is 1.